The van der Waals surface area contributed by atoms with Crippen LogP contribution in [0.3, 0.4) is 0 Å². The van der Waals surface area contributed by atoms with Crippen LogP contribution in [-0.4, -0.2) is 29.2 Å². The summed E-state index contributed by atoms with van der Waals surface area (Å²) in [6.45, 7) is 4.60. The van der Waals surface area contributed by atoms with Gasteiger partial charge in [-0.05, 0) is 41.8 Å². The van der Waals surface area contributed by atoms with E-state index in [1.165, 1.54) is 10.8 Å². The van der Waals surface area contributed by atoms with Crippen molar-refractivity contribution in [2.75, 3.05) is 6.54 Å². The van der Waals surface area contributed by atoms with E-state index >= 15 is 0 Å². The Bertz CT molecular complexity index is 1010. The molecule has 1 heterocycles. The molecule has 1 aliphatic heterocycles. The number of hydrogen-bond acceptors (Lipinski definition) is 2. The van der Waals surface area contributed by atoms with Crippen LogP contribution in [0, 0.1) is 0 Å². The second-order valence-electron chi connectivity index (χ2n) is 7.66. The third-order valence-electron chi connectivity index (χ3n) is 5.20. The van der Waals surface area contributed by atoms with Crippen molar-refractivity contribution in [2.24, 2.45) is 5.10 Å². The zero-order valence-corrected chi connectivity index (χ0v) is 16.4. The molecule has 142 valence electrons. The SMILES string of the molecule is CC(C)[NH2+]CC(=O)N1N=C(c2ccc3ccccc3c2)C[C@H]1c1ccccc1. The Morgan fingerprint density at radius 2 is 1.75 bits per heavy atom. The van der Waals surface area contributed by atoms with Crippen molar-refractivity contribution in [3.05, 3.63) is 83.9 Å². The second kappa shape index (κ2) is 7.95. The Labute approximate surface area is 165 Å². The van der Waals surface area contributed by atoms with Crippen LogP contribution in [0.15, 0.2) is 77.9 Å². The molecular formula is C24H26N3O+. The van der Waals surface area contributed by atoms with Crippen molar-refractivity contribution in [3.63, 3.8) is 0 Å². The van der Waals surface area contributed by atoms with E-state index in [1.54, 1.807) is 5.01 Å². The first-order chi connectivity index (χ1) is 13.6. The molecule has 0 bridgehead atoms. The predicted molar refractivity (Wildman–Crippen MR) is 113 cm³/mol. The molecule has 2 N–H and O–H groups in total. The van der Waals surface area contributed by atoms with Crippen molar-refractivity contribution in [1.29, 1.82) is 0 Å². The Balaban J connectivity index is 1.66. The Kier molecular flexibility index (Phi) is 5.22. The minimum Gasteiger partial charge on any atom is -0.336 e. The van der Waals surface area contributed by atoms with Crippen LogP contribution in [0.25, 0.3) is 10.8 Å². The molecule has 0 saturated carbocycles. The lowest BCUT2D eigenvalue weighted by Gasteiger charge is -2.21. The summed E-state index contributed by atoms with van der Waals surface area (Å²) in [7, 11) is 0. The summed E-state index contributed by atoms with van der Waals surface area (Å²) in [6, 6.07) is 25.3. The maximum Gasteiger partial charge on any atom is 0.298 e. The van der Waals surface area contributed by atoms with Crippen LogP contribution < -0.4 is 5.32 Å². The smallest absolute Gasteiger partial charge is 0.298 e. The normalized spacial score (nSPS) is 16.6. The number of carbonyl (C=O) groups excluding carboxylic acids is 1. The van der Waals surface area contributed by atoms with Gasteiger partial charge in [-0.2, -0.15) is 5.10 Å². The predicted octanol–water partition coefficient (Wildman–Crippen LogP) is 3.49. The highest BCUT2D eigenvalue weighted by Gasteiger charge is 2.33. The van der Waals surface area contributed by atoms with Crippen LogP contribution in [0.5, 0.6) is 0 Å². The highest BCUT2D eigenvalue weighted by atomic mass is 16.2. The van der Waals surface area contributed by atoms with Gasteiger partial charge in [-0.15, -0.1) is 0 Å². The first kappa shape index (κ1) is 18.4. The van der Waals surface area contributed by atoms with Gasteiger partial charge in [-0.25, -0.2) is 5.01 Å². The van der Waals surface area contributed by atoms with Crippen LogP contribution in [0.1, 0.15) is 37.4 Å². The molecule has 4 heteroatoms. The zero-order chi connectivity index (χ0) is 19.5. The van der Waals surface area contributed by atoms with E-state index in [1.807, 2.05) is 35.6 Å². The van der Waals surface area contributed by atoms with Crippen molar-refractivity contribution < 1.29 is 10.1 Å². The maximum absolute atomic E-state index is 12.9. The topological polar surface area (TPSA) is 49.3 Å². The summed E-state index contributed by atoms with van der Waals surface area (Å²) >= 11 is 0. The molecule has 0 unspecified atom stereocenters. The number of hydrazone groups is 1. The van der Waals surface area contributed by atoms with Gasteiger partial charge in [-0.1, -0.05) is 66.7 Å². The summed E-state index contributed by atoms with van der Waals surface area (Å²) in [6.07, 6.45) is 0.732. The van der Waals surface area contributed by atoms with Crippen molar-refractivity contribution in [1.82, 2.24) is 5.01 Å². The third kappa shape index (κ3) is 3.82. The number of hydrogen-bond donors (Lipinski definition) is 1. The van der Waals surface area contributed by atoms with Crippen LogP contribution in [-0.2, 0) is 4.79 Å². The standard InChI is InChI=1S/C24H25N3O/c1-17(2)25-16-24(28)27-23(19-9-4-3-5-10-19)15-22(26-27)21-13-12-18-8-6-7-11-20(18)14-21/h3-14,17,23,25H,15-16H2,1-2H3/p+1/t23-/m0/s1. The Morgan fingerprint density at radius 1 is 1.04 bits per heavy atom. The van der Waals surface area contributed by atoms with Gasteiger partial charge in [0.2, 0.25) is 0 Å². The fraction of sp³-hybridized carbons (Fsp3) is 0.250. The molecule has 0 spiro atoms. The molecule has 4 rings (SSSR count). The molecule has 1 atom stereocenters. The van der Waals surface area contributed by atoms with Crippen molar-refractivity contribution >= 4 is 22.4 Å². The minimum atomic E-state index is -0.0456. The third-order valence-corrected chi connectivity index (χ3v) is 5.20. The van der Waals surface area contributed by atoms with Crippen molar-refractivity contribution in [3.8, 4) is 0 Å². The molecule has 4 nitrogen and oxygen atoms in total. The Morgan fingerprint density at radius 3 is 2.50 bits per heavy atom. The summed E-state index contributed by atoms with van der Waals surface area (Å²) in [5, 5.41) is 10.9. The zero-order valence-electron chi connectivity index (χ0n) is 16.4. The number of carbonyl (C=O) groups is 1. The number of amides is 1. The number of quaternary nitrogens is 1. The van der Waals surface area contributed by atoms with E-state index in [0.717, 1.165) is 23.3 Å². The highest BCUT2D eigenvalue weighted by Crippen LogP contribution is 2.33. The lowest BCUT2D eigenvalue weighted by Crippen LogP contribution is -2.90. The molecule has 3 aromatic carbocycles. The summed E-state index contributed by atoms with van der Waals surface area (Å²) in [4.78, 5) is 12.9. The quantitative estimate of drug-likeness (QED) is 0.732. The summed E-state index contributed by atoms with van der Waals surface area (Å²) in [5.74, 6) is 0.0540. The number of nitrogens with zero attached hydrogens (tertiary/aromatic N) is 2. The molecule has 0 fully saturated rings. The van der Waals surface area contributed by atoms with Gasteiger partial charge in [0, 0.05) is 6.42 Å². The molecule has 1 aliphatic rings. The van der Waals surface area contributed by atoms with Gasteiger partial charge >= 0.3 is 0 Å². The van der Waals surface area contributed by atoms with Crippen molar-refractivity contribution in [2.45, 2.75) is 32.4 Å². The molecule has 0 radical (unpaired) electrons. The first-order valence-corrected chi connectivity index (χ1v) is 9.89. The molecule has 1 amide bonds. The lowest BCUT2D eigenvalue weighted by atomic mass is 9.97. The van der Waals surface area contributed by atoms with Crippen LogP contribution >= 0.6 is 0 Å². The average Bonchev–Trinajstić information content (AvgIpc) is 3.18. The monoisotopic (exact) mass is 372 g/mol. The lowest BCUT2D eigenvalue weighted by molar-refractivity contribution is -0.673. The van der Waals surface area contributed by atoms with E-state index in [4.69, 9.17) is 5.10 Å². The van der Waals surface area contributed by atoms with Gasteiger partial charge < -0.3 is 5.32 Å². The van der Waals surface area contributed by atoms with Gasteiger partial charge in [0.25, 0.3) is 5.91 Å². The van der Waals surface area contributed by atoms with E-state index in [0.29, 0.717) is 12.6 Å². The first-order valence-electron chi connectivity index (χ1n) is 9.89. The van der Waals surface area contributed by atoms with E-state index in [9.17, 15) is 4.79 Å². The second-order valence-corrected chi connectivity index (χ2v) is 7.66. The number of benzene rings is 3. The van der Waals surface area contributed by atoms with Gasteiger partial charge in [0.05, 0.1) is 17.8 Å². The van der Waals surface area contributed by atoms with E-state index < -0.39 is 0 Å². The maximum atomic E-state index is 12.9. The largest absolute Gasteiger partial charge is 0.336 e. The highest BCUT2D eigenvalue weighted by molar-refractivity contribution is 6.05. The van der Waals surface area contributed by atoms with E-state index in [-0.39, 0.29) is 11.9 Å². The van der Waals surface area contributed by atoms with Crippen LogP contribution in [0.2, 0.25) is 0 Å². The molecule has 0 aromatic heterocycles. The number of rotatable bonds is 5. The van der Waals surface area contributed by atoms with Gasteiger partial charge in [0.1, 0.15) is 0 Å². The summed E-state index contributed by atoms with van der Waals surface area (Å²) in [5.41, 5.74) is 3.18. The molecule has 0 aliphatic carbocycles. The number of fused-ring (bicyclic) bond motifs is 1. The fourth-order valence-corrected chi connectivity index (χ4v) is 3.65. The molecular weight excluding hydrogens is 346 g/mol. The molecule has 0 saturated heterocycles. The van der Waals surface area contributed by atoms with E-state index in [2.05, 4.69) is 56.3 Å². The van der Waals surface area contributed by atoms with Crippen LogP contribution in [0.4, 0.5) is 0 Å². The number of nitrogens with two attached hydrogens (primary N) is 1. The molecule has 3 aromatic rings. The van der Waals surface area contributed by atoms with Gasteiger partial charge in [0.15, 0.2) is 6.54 Å². The summed E-state index contributed by atoms with van der Waals surface area (Å²) < 4.78 is 0. The fourth-order valence-electron chi connectivity index (χ4n) is 3.65. The average molecular weight is 372 g/mol. The Hall–Kier alpha value is -2.98. The minimum absolute atomic E-state index is 0.0456. The van der Waals surface area contributed by atoms with Gasteiger partial charge in [-0.3, -0.25) is 4.79 Å². The molecule has 28 heavy (non-hydrogen) atoms.